The van der Waals surface area contributed by atoms with Crippen LogP contribution in [0.15, 0.2) is 94.2 Å². The van der Waals surface area contributed by atoms with Gasteiger partial charge in [-0.1, -0.05) is 72.8 Å². The average Bonchev–Trinajstić information content (AvgIpc) is 3.25. The van der Waals surface area contributed by atoms with Crippen LogP contribution in [0.2, 0.25) is 0 Å². The maximum absolute atomic E-state index is 12.6. The second-order valence-corrected chi connectivity index (χ2v) is 8.47. The number of hydrogen-bond donors (Lipinski definition) is 1. The van der Waals surface area contributed by atoms with E-state index >= 15 is 0 Å². The summed E-state index contributed by atoms with van der Waals surface area (Å²) in [6, 6.07) is 26.0. The molecule has 0 aliphatic rings. The van der Waals surface area contributed by atoms with Crippen molar-refractivity contribution in [2.45, 2.75) is 24.5 Å². The molecule has 7 heteroatoms. The highest BCUT2D eigenvalue weighted by atomic mass is 32.2. The summed E-state index contributed by atoms with van der Waals surface area (Å²) in [5, 5.41) is 3.60. The summed E-state index contributed by atoms with van der Waals surface area (Å²) in [5.41, 5.74) is 2.55. The Morgan fingerprint density at radius 1 is 0.912 bits per heavy atom. The van der Waals surface area contributed by atoms with Crippen LogP contribution in [0, 0.1) is 0 Å². The highest BCUT2D eigenvalue weighted by Crippen LogP contribution is 2.40. The van der Waals surface area contributed by atoms with Crippen molar-refractivity contribution in [2.75, 3.05) is 12.4 Å². The second kappa shape index (κ2) is 11.4. The van der Waals surface area contributed by atoms with Crippen LogP contribution in [-0.4, -0.2) is 30.5 Å². The Morgan fingerprint density at radius 2 is 1.59 bits per heavy atom. The fraction of sp³-hybridized carbons (Fsp3) is 0.185. The van der Waals surface area contributed by atoms with Gasteiger partial charge in [0, 0.05) is 16.7 Å². The van der Waals surface area contributed by atoms with Gasteiger partial charge >= 0.3 is 12.1 Å². The molecule has 0 fully saturated rings. The van der Waals surface area contributed by atoms with E-state index in [4.69, 9.17) is 13.9 Å². The van der Waals surface area contributed by atoms with E-state index in [1.165, 1.54) is 11.8 Å². The Kier molecular flexibility index (Phi) is 7.88. The van der Waals surface area contributed by atoms with Gasteiger partial charge in [0.1, 0.15) is 24.0 Å². The molecule has 4 aromatic rings. The van der Waals surface area contributed by atoms with Gasteiger partial charge in [-0.05, 0) is 24.6 Å². The fourth-order valence-electron chi connectivity index (χ4n) is 3.43. The molecule has 174 valence electrons. The maximum atomic E-state index is 12.6. The van der Waals surface area contributed by atoms with Crippen LogP contribution < -0.4 is 5.32 Å². The number of carbonyl (C=O) groups is 2. The summed E-state index contributed by atoms with van der Waals surface area (Å²) in [6.45, 7) is 2.05. The Hall–Kier alpha value is -3.71. The van der Waals surface area contributed by atoms with Crippen molar-refractivity contribution < 1.29 is 23.5 Å². The van der Waals surface area contributed by atoms with E-state index in [0.29, 0.717) is 0 Å². The number of alkyl carbamates (subject to hydrolysis) is 1. The first-order chi connectivity index (χ1) is 16.7. The van der Waals surface area contributed by atoms with Crippen LogP contribution in [0.25, 0.3) is 22.3 Å². The summed E-state index contributed by atoms with van der Waals surface area (Å²) in [4.78, 5) is 25.9. The molecule has 0 bridgehead atoms. The molecular formula is C27H25NO5S. The Morgan fingerprint density at radius 3 is 2.32 bits per heavy atom. The average molecular weight is 476 g/mol. The lowest BCUT2D eigenvalue weighted by Gasteiger charge is -2.17. The van der Waals surface area contributed by atoms with Gasteiger partial charge < -0.3 is 19.2 Å². The summed E-state index contributed by atoms with van der Waals surface area (Å²) in [7, 11) is 0. The highest BCUT2D eigenvalue weighted by molar-refractivity contribution is 7.99. The smallest absolute Gasteiger partial charge is 0.408 e. The molecule has 1 heterocycles. The third kappa shape index (κ3) is 5.80. The van der Waals surface area contributed by atoms with Crippen molar-refractivity contribution in [3.8, 4) is 11.3 Å². The number of benzene rings is 3. The van der Waals surface area contributed by atoms with E-state index in [1.54, 1.807) is 6.92 Å². The number of fused-ring (bicyclic) bond motifs is 1. The van der Waals surface area contributed by atoms with E-state index in [2.05, 4.69) is 5.32 Å². The van der Waals surface area contributed by atoms with Crippen LogP contribution in [0.5, 0.6) is 0 Å². The molecule has 1 N–H and O–H groups in total. The van der Waals surface area contributed by atoms with Crippen molar-refractivity contribution in [3.63, 3.8) is 0 Å². The van der Waals surface area contributed by atoms with E-state index in [9.17, 15) is 9.59 Å². The molecule has 1 aromatic heterocycles. The first-order valence-corrected chi connectivity index (χ1v) is 12.0. The normalized spacial score (nSPS) is 11.7. The Labute approximate surface area is 202 Å². The van der Waals surface area contributed by atoms with Crippen LogP contribution in [0.3, 0.4) is 0 Å². The number of carbonyl (C=O) groups excluding carboxylic acids is 2. The minimum absolute atomic E-state index is 0.111. The summed E-state index contributed by atoms with van der Waals surface area (Å²) in [6.07, 6.45) is -0.678. The summed E-state index contributed by atoms with van der Waals surface area (Å²) >= 11 is 1.43. The van der Waals surface area contributed by atoms with Crippen molar-refractivity contribution >= 4 is 34.8 Å². The van der Waals surface area contributed by atoms with Crippen LogP contribution >= 0.6 is 11.8 Å². The zero-order valence-corrected chi connectivity index (χ0v) is 19.5. The maximum Gasteiger partial charge on any atom is 0.408 e. The Balaban J connectivity index is 1.51. The molecule has 0 radical (unpaired) electrons. The predicted octanol–water partition coefficient (Wildman–Crippen LogP) is 6.05. The minimum Gasteiger partial charge on any atom is -0.464 e. The monoisotopic (exact) mass is 475 g/mol. The highest BCUT2D eigenvalue weighted by Gasteiger charge is 2.25. The molecule has 34 heavy (non-hydrogen) atoms. The topological polar surface area (TPSA) is 77.8 Å². The van der Waals surface area contributed by atoms with Gasteiger partial charge in [0.05, 0.1) is 11.5 Å². The first kappa shape index (κ1) is 23.4. The molecule has 3 aromatic carbocycles. The summed E-state index contributed by atoms with van der Waals surface area (Å²) < 4.78 is 16.6. The molecule has 4 rings (SSSR count). The van der Waals surface area contributed by atoms with Gasteiger partial charge in [-0.15, -0.1) is 11.8 Å². The number of furan rings is 1. The minimum atomic E-state index is -0.884. The van der Waals surface area contributed by atoms with Crippen molar-refractivity contribution in [3.05, 3.63) is 90.5 Å². The number of rotatable bonds is 9. The number of nitrogens with one attached hydrogen (secondary N) is 1. The lowest BCUT2D eigenvalue weighted by molar-refractivity contribution is -0.144. The zero-order valence-electron chi connectivity index (χ0n) is 18.7. The lowest BCUT2D eigenvalue weighted by atomic mass is 10.1. The van der Waals surface area contributed by atoms with Crippen LogP contribution in [-0.2, 0) is 20.9 Å². The summed E-state index contributed by atoms with van der Waals surface area (Å²) in [5.74, 6) is 0.463. The largest absolute Gasteiger partial charge is 0.464 e. The number of ether oxygens (including phenoxy) is 2. The van der Waals surface area contributed by atoms with E-state index in [0.717, 1.165) is 32.8 Å². The van der Waals surface area contributed by atoms with E-state index in [1.807, 2.05) is 84.9 Å². The molecule has 0 saturated carbocycles. The molecule has 0 aliphatic carbocycles. The van der Waals surface area contributed by atoms with Gasteiger partial charge in [-0.2, -0.15) is 0 Å². The fourth-order valence-corrected chi connectivity index (χ4v) is 4.60. The SMILES string of the molecule is CCOC(=O)[C@H](CSc1c(-c2ccccc2)oc2ccccc12)NC(=O)OCc1ccccc1. The molecule has 1 amide bonds. The molecular weight excluding hydrogens is 450 g/mol. The van der Waals surface area contributed by atoms with Crippen LogP contribution in [0.4, 0.5) is 4.79 Å². The zero-order chi connectivity index (χ0) is 23.8. The Bertz CT molecular complexity index is 1240. The predicted molar refractivity (Wildman–Crippen MR) is 133 cm³/mol. The quantitative estimate of drug-likeness (QED) is 0.235. The molecule has 0 saturated heterocycles. The van der Waals surface area contributed by atoms with Gasteiger partial charge in [0.2, 0.25) is 0 Å². The van der Waals surface area contributed by atoms with Crippen LogP contribution in [0.1, 0.15) is 12.5 Å². The number of esters is 1. The molecule has 1 atom stereocenters. The van der Waals surface area contributed by atoms with E-state index < -0.39 is 18.1 Å². The van der Waals surface area contributed by atoms with Crippen molar-refractivity contribution in [1.29, 1.82) is 0 Å². The number of amides is 1. The number of hydrogen-bond acceptors (Lipinski definition) is 6. The standard InChI is InChI=1S/C27H25NO5S/c1-2-31-26(29)22(28-27(30)32-17-19-11-5-3-6-12-19)18-34-25-21-15-9-10-16-23(21)33-24(25)20-13-7-4-8-14-20/h3-16,22H,2,17-18H2,1H3,(H,28,30)/t22-/m0/s1. The molecule has 6 nitrogen and oxygen atoms in total. The van der Waals surface area contributed by atoms with Gasteiger partial charge in [-0.3, -0.25) is 0 Å². The van der Waals surface area contributed by atoms with Crippen molar-refractivity contribution in [1.82, 2.24) is 5.32 Å². The third-order valence-corrected chi connectivity index (χ3v) is 6.25. The third-order valence-electron chi connectivity index (χ3n) is 5.06. The number of thioether (sulfide) groups is 1. The van der Waals surface area contributed by atoms with Crippen molar-refractivity contribution in [2.24, 2.45) is 0 Å². The first-order valence-electron chi connectivity index (χ1n) is 11.0. The van der Waals surface area contributed by atoms with Gasteiger partial charge in [0.15, 0.2) is 0 Å². The van der Waals surface area contributed by atoms with Gasteiger partial charge in [-0.25, -0.2) is 9.59 Å². The van der Waals surface area contributed by atoms with Gasteiger partial charge in [0.25, 0.3) is 0 Å². The second-order valence-electron chi connectivity index (χ2n) is 7.44. The lowest BCUT2D eigenvalue weighted by Crippen LogP contribution is -2.43. The molecule has 0 aliphatic heterocycles. The number of para-hydroxylation sites is 1. The van der Waals surface area contributed by atoms with E-state index in [-0.39, 0.29) is 19.0 Å². The molecule has 0 spiro atoms. The molecule has 0 unspecified atom stereocenters.